The fourth-order valence-electron chi connectivity index (χ4n) is 3.38. The predicted molar refractivity (Wildman–Crippen MR) is 112 cm³/mol. The SMILES string of the molecule is CCCCc1ccc(-c2oncc2-c2cc(OC)c(OC)c(OC)c2OC)cc1. The highest BCUT2D eigenvalue weighted by Gasteiger charge is 2.25. The molecule has 0 fully saturated rings. The fourth-order valence-corrected chi connectivity index (χ4v) is 3.38. The first-order valence-corrected chi connectivity index (χ1v) is 9.59. The average molecular weight is 397 g/mol. The Bertz CT molecular complexity index is 947. The molecule has 0 amide bonds. The third-order valence-corrected chi connectivity index (χ3v) is 4.88. The van der Waals surface area contributed by atoms with Crippen LogP contribution >= 0.6 is 0 Å². The van der Waals surface area contributed by atoms with Crippen LogP contribution in [0.2, 0.25) is 0 Å². The van der Waals surface area contributed by atoms with Crippen LogP contribution in [-0.2, 0) is 6.42 Å². The summed E-state index contributed by atoms with van der Waals surface area (Å²) in [6.45, 7) is 2.19. The van der Waals surface area contributed by atoms with E-state index < -0.39 is 0 Å². The smallest absolute Gasteiger partial charge is 0.207 e. The monoisotopic (exact) mass is 397 g/mol. The zero-order valence-corrected chi connectivity index (χ0v) is 17.6. The van der Waals surface area contributed by atoms with Crippen molar-refractivity contribution in [3.05, 3.63) is 42.1 Å². The summed E-state index contributed by atoms with van der Waals surface area (Å²) in [5, 5.41) is 4.03. The van der Waals surface area contributed by atoms with E-state index in [0.717, 1.165) is 23.1 Å². The van der Waals surface area contributed by atoms with Gasteiger partial charge in [-0.05, 0) is 24.5 Å². The Labute approximate surface area is 171 Å². The van der Waals surface area contributed by atoms with Gasteiger partial charge >= 0.3 is 0 Å². The molecule has 3 rings (SSSR count). The second-order valence-electron chi connectivity index (χ2n) is 6.60. The second kappa shape index (κ2) is 9.37. The molecule has 154 valence electrons. The number of nitrogens with zero attached hydrogens (tertiary/aromatic N) is 1. The van der Waals surface area contributed by atoms with E-state index in [1.807, 2.05) is 6.07 Å². The van der Waals surface area contributed by atoms with Crippen LogP contribution in [0.15, 0.2) is 41.1 Å². The molecule has 0 saturated carbocycles. The lowest BCUT2D eigenvalue weighted by Crippen LogP contribution is -2.00. The van der Waals surface area contributed by atoms with Gasteiger partial charge in [0.05, 0.1) is 40.2 Å². The van der Waals surface area contributed by atoms with Gasteiger partial charge in [-0.25, -0.2) is 0 Å². The van der Waals surface area contributed by atoms with E-state index in [2.05, 4.69) is 36.3 Å². The number of aromatic nitrogens is 1. The molecule has 6 heteroatoms. The average Bonchev–Trinajstić information content (AvgIpc) is 3.25. The maximum Gasteiger partial charge on any atom is 0.207 e. The van der Waals surface area contributed by atoms with Gasteiger partial charge in [0, 0.05) is 11.1 Å². The Morgan fingerprint density at radius 1 is 0.828 bits per heavy atom. The molecule has 0 aliphatic rings. The van der Waals surface area contributed by atoms with Gasteiger partial charge in [-0.15, -0.1) is 0 Å². The minimum atomic E-state index is 0.450. The number of hydrogen-bond donors (Lipinski definition) is 0. The van der Waals surface area contributed by atoms with Crippen molar-refractivity contribution in [1.29, 1.82) is 0 Å². The first-order valence-electron chi connectivity index (χ1n) is 9.59. The molecular formula is C23H27NO5. The van der Waals surface area contributed by atoms with Gasteiger partial charge < -0.3 is 23.5 Å². The minimum Gasteiger partial charge on any atom is -0.493 e. The fraction of sp³-hybridized carbons (Fsp3) is 0.348. The van der Waals surface area contributed by atoms with Gasteiger partial charge in [-0.3, -0.25) is 0 Å². The summed E-state index contributed by atoms with van der Waals surface area (Å²) >= 11 is 0. The molecule has 6 nitrogen and oxygen atoms in total. The molecule has 1 aromatic heterocycles. The van der Waals surface area contributed by atoms with E-state index in [1.54, 1.807) is 34.6 Å². The first-order chi connectivity index (χ1) is 14.2. The number of ether oxygens (including phenoxy) is 4. The Kier molecular flexibility index (Phi) is 6.65. The molecule has 0 bridgehead atoms. The number of unbranched alkanes of at least 4 members (excludes halogenated alkanes) is 1. The van der Waals surface area contributed by atoms with Gasteiger partial charge in [0.2, 0.25) is 11.5 Å². The van der Waals surface area contributed by atoms with Gasteiger partial charge in [-0.2, -0.15) is 0 Å². The van der Waals surface area contributed by atoms with E-state index in [-0.39, 0.29) is 0 Å². The second-order valence-corrected chi connectivity index (χ2v) is 6.60. The van der Waals surface area contributed by atoms with Crippen LogP contribution in [0.4, 0.5) is 0 Å². The van der Waals surface area contributed by atoms with Crippen molar-refractivity contribution < 1.29 is 23.5 Å². The van der Waals surface area contributed by atoms with Crippen molar-refractivity contribution >= 4 is 0 Å². The Morgan fingerprint density at radius 2 is 1.52 bits per heavy atom. The Hall–Kier alpha value is -3.15. The number of benzene rings is 2. The molecule has 0 aliphatic heterocycles. The Morgan fingerprint density at radius 3 is 2.10 bits per heavy atom. The summed E-state index contributed by atoms with van der Waals surface area (Å²) in [5.74, 6) is 2.62. The summed E-state index contributed by atoms with van der Waals surface area (Å²) < 4.78 is 27.8. The van der Waals surface area contributed by atoms with Crippen LogP contribution in [0.1, 0.15) is 25.3 Å². The molecule has 0 radical (unpaired) electrons. The van der Waals surface area contributed by atoms with Crippen LogP contribution < -0.4 is 18.9 Å². The van der Waals surface area contributed by atoms with Crippen LogP contribution in [-0.4, -0.2) is 33.6 Å². The molecule has 0 N–H and O–H groups in total. The third kappa shape index (κ3) is 4.01. The molecule has 0 saturated heterocycles. The highest BCUT2D eigenvalue weighted by atomic mass is 16.5. The van der Waals surface area contributed by atoms with E-state index >= 15 is 0 Å². The zero-order valence-electron chi connectivity index (χ0n) is 17.6. The predicted octanol–water partition coefficient (Wildman–Crippen LogP) is 5.39. The van der Waals surface area contributed by atoms with Crippen molar-refractivity contribution in [1.82, 2.24) is 5.16 Å². The maximum absolute atomic E-state index is 5.66. The van der Waals surface area contributed by atoms with Crippen molar-refractivity contribution in [2.45, 2.75) is 26.2 Å². The molecule has 0 unspecified atom stereocenters. The highest BCUT2D eigenvalue weighted by Crippen LogP contribution is 2.51. The van der Waals surface area contributed by atoms with Crippen LogP contribution in [0, 0.1) is 0 Å². The lowest BCUT2D eigenvalue weighted by atomic mass is 9.99. The number of methoxy groups -OCH3 is 4. The third-order valence-electron chi connectivity index (χ3n) is 4.88. The van der Waals surface area contributed by atoms with Crippen molar-refractivity contribution in [2.24, 2.45) is 0 Å². The largest absolute Gasteiger partial charge is 0.493 e. The summed E-state index contributed by atoms with van der Waals surface area (Å²) in [7, 11) is 6.29. The molecule has 0 aliphatic carbocycles. The summed E-state index contributed by atoms with van der Waals surface area (Å²) in [6, 6.07) is 10.2. The number of hydrogen-bond acceptors (Lipinski definition) is 6. The van der Waals surface area contributed by atoms with Gasteiger partial charge in [0.1, 0.15) is 0 Å². The lowest BCUT2D eigenvalue weighted by molar-refractivity contribution is 0.306. The van der Waals surface area contributed by atoms with E-state index in [0.29, 0.717) is 28.8 Å². The van der Waals surface area contributed by atoms with E-state index in [1.165, 1.54) is 18.4 Å². The van der Waals surface area contributed by atoms with E-state index in [4.69, 9.17) is 23.5 Å². The van der Waals surface area contributed by atoms with Crippen LogP contribution in [0.3, 0.4) is 0 Å². The Balaban J connectivity index is 2.10. The van der Waals surface area contributed by atoms with E-state index in [9.17, 15) is 0 Å². The number of aryl methyl sites for hydroxylation is 1. The highest BCUT2D eigenvalue weighted by molar-refractivity contribution is 5.86. The van der Waals surface area contributed by atoms with Crippen LogP contribution in [0.5, 0.6) is 23.0 Å². The minimum absolute atomic E-state index is 0.450. The molecule has 29 heavy (non-hydrogen) atoms. The van der Waals surface area contributed by atoms with Gasteiger partial charge in [-0.1, -0.05) is 42.8 Å². The van der Waals surface area contributed by atoms with Crippen molar-refractivity contribution in [3.8, 4) is 45.4 Å². The first kappa shape index (κ1) is 20.6. The maximum atomic E-state index is 5.66. The zero-order chi connectivity index (χ0) is 20.8. The van der Waals surface area contributed by atoms with Gasteiger partial charge in [0.25, 0.3) is 0 Å². The topological polar surface area (TPSA) is 63.0 Å². The summed E-state index contributed by atoms with van der Waals surface area (Å²) in [6.07, 6.45) is 5.09. The normalized spacial score (nSPS) is 10.7. The standard InChI is InChI=1S/C23H27NO5/c1-6-7-8-15-9-11-16(12-10-15)20-18(14-24-29-20)17-13-19(25-2)22(27-4)23(28-5)21(17)26-3/h9-14H,6-8H2,1-5H3. The molecular weight excluding hydrogens is 370 g/mol. The molecule has 3 aromatic rings. The van der Waals surface area contributed by atoms with Crippen LogP contribution in [0.25, 0.3) is 22.5 Å². The molecule has 2 aromatic carbocycles. The molecule has 0 atom stereocenters. The molecule has 1 heterocycles. The van der Waals surface area contributed by atoms with Crippen molar-refractivity contribution in [2.75, 3.05) is 28.4 Å². The van der Waals surface area contributed by atoms with Gasteiger partial charge in [0.15, 0.2) is 17.3 Å². The summed E-state index contributed by atoms with van der Waals surface area (Å²) in [5.41, 5.74) is 3.77. The lowest BCUT2D eigenvalue weighted by Gasteiger charge is -2.18. The number of rotatable bonds is 9. The molecule has 0 spiro atoms. The summed E-state index contributed by atoms with van der Waals surface area (Å²) in [4.78, 5) is 0. The quantitative estimate of drug-likeness (QED) is 0.483. The van der Waals surface area contributed by atoms with Crippen molar-refractivity contribution in [3.63, 3.8) is 0 Å².